The number of hydrogen-bond donors (Lipinski definition) is 2. The van der Waals surface area contributed by atoms with Gasteiger partial charge >= 0.3 is 5.97 Å². The van der Waals surface area contributed by atoms with Gasteiger partial charge in [0.05, 0.1) is 32.9 Å². The number of carbonyl (C=O) groups excluding carboxylic acids is 2. The van der Waals surface area contributed by atoms with Crippen molar-refractivity contribution >= 4 is 28.2 Å². The SMILES string of the molecule is COC(=O)c1ccc(NCC(=O)NCCc2ccc(OC)c(OC)c2)s1. The standard InChI is InChI=1S/C18H22N2O5S/c1-23-13-5-4-12(10-14(13)24-2)8-9-19-16(21)11-20-17-7-6-15(26-17)18(22)25-3/h4-7,10,20H,8-9,11H2,1-3H3,(H,19,21). The number of nitrogens with one attached hydrogen (secondary N) is 2. The van der Waals surface area contributed by atoms with Crippen LogP contribution in [-0.4, -0.2) is 46.3 Å². The third kappa shape index (κ3) is 5.38. The second kappa shape index (κ2) is 9.67. The summed E-state index contributed by atoms with van der Waals surface area (Å²) in [7, 11) is 4.51. The van der Waals surface area contributed by atoms with E-state index in [0.717, 1.165) is 10.6 Å². The number of ether oxygens (including phenoxy) is 3. The lowest BCUT2D eigenvalue weighted by Crippen LogP contribution is -2.31. The number of benzene rings is 1. The zero-order valence-corrected chi connectivity index (χ0v) is 15.8. The molecular formula is C18H22N2O5S. The Balaban J connectivity index is 1.75. The van der Waals surface area contributed by atoms with Gasteiger partial charge in [-0.25, -0.2) is 4.79 Å². The highest BCUT2D eigenvalue weighted by atomic mass is 32.1. The predicted molar refractivity (Wildman–Crippen MR) is 100 cm³/mol. The average Bonchev–Trinajstić information content (AvgIpc) is 3.14. The van der Waals surface area contributed by atoms with Gasteiger partial charge in [0.15, 0.2) is 11.5 Å². The predicted octanol–water partition coefficient (Wildman–Crippen LogP) is 2.32. The van der Waals surface area contributed by atoms with Gasteiger partial charge in [0.2, 0.25) is 5.91 Å². The molecule has 0 saturated heterocycles. The van der Waals surface area contributed by atoms with Gasteiger partial charge < -0.3 is 24.8 Å². The highest BCUT2D eigenvalue weighted by Gasteiger charge is 2.10. The lowest BCUT2D eigenvalue weighted by molar-refractivity contribution is -0.119. The molecule has 0 radical (unpaired) electrons. The summed E-state index contributed by atoms with van der Waals surface area (Å²) in [4.78, 5) is 23.8. The van der Waals surface area contributed by atoms with Gasteiger partial charge in [-0.1, -0.05) is 6.07 Å². The van der Waals surface area contributed by atoms with Crippen LogP contribution in [-0.2, 0) is 16.0 Å². The van der Waals surface area contributed by atoms with Crippen LogP contribution in [0.25, 0.3) is 0 Å². The third-order valence-corrected chi connectivity index (χ3v) is 4.62. The van der Waals surface area contributed by atoms with Crippen LogP contribution in [0.5, 0.6) is 11.5 Å². The Kier molecular flexibility index (Phi) is 7.28. The van der Waals surface area contributed by atoms with E-state index in [0.29, 0.717) is 29.3 Å². The number of amides is 1. The van der Waals surface area contributed by atoms with Crippen LogP contribution >= 0.6 is 11.3 Å². The van der Waals surface area contributed by atoms with Crippen LogP contribution in [0.4, 0.5) is 5.00 Å². The van der Waals surface area contributed by atoms with E-state index in [9.17, 15) is 9.59 Å². The number of rotatable bonds is 9. The molecule has 140 valence electrons. The second-order valence-electron chi connectivity index (χ2n) is 5.30. The van der Waals surface area contributed by atoms with E-state index in [1.807, 2.05) is 18.2 Å². The summed E-state index contributed by atoms with van der Waals surface area (Å²) in [5.41, 5.74) is 1.04. The molecule has 0 unspecified atom stereocenters. The minimum atomic E-state index is -0.387. The number of methoxy groups -OCH3 is 3. The van der Waals surface area contributed by atoms with Gasteiger partial charge in [-0.05, 0) is 36.2 Å². The fourth-order valence-corrected chi connectivity index (χ4v) is 3.08. The maximum absolute atomic E-state index is 11.9. The van der Waals surface area contributed by atoms with Gasteiger partial charge in [-0.3, -0.25) is 4.79 Å². The van der Waals surface area contributed by atoms with E-state index >= 15 is 0 Å². The molecule has 2 rings (SSSR count). The molecule has 1 amide bonds. The molecule has 1 aromatic carbocycles. The number of esters is 1. The summed E-state index contributed by atoms with van der Waals surface area (Å²) in [6.07, 6.45) is 0.678. The highest BCUT2D eigenvalue weighted by Crippen LogP contribution is 2.27. The van der Waals surface area contributed by atoms with Crippen LogP contribution in [0.2, 0.25) is 0 Å². The fraction of sp³-hybridized carbons (Fsp3) is 0.333. The zero-order valence-electron chi connectivity index (χ0n) is 15.0. The molecular weight excluding hydrogens is 356 g/mol. The Morgan fingerprint density at radius 1 is 1.04 bits per heavy atom. The first kappa shape index (κ1) is 19.6. The van der Waals surface area contributed by atoms with Crippen molar-refractivity contribution in [2.45, 2.75) is 6.42 Å². The van der Waals surface area contributed by atoms with E-state index in [-0.39, 0.29) is 18.4 Å². The zero-order chi connectivity index (χ0) is 18.9. The molecule has 26 heavy (non-hydrogen) atoms. The van der Waals surface area contributed by atoms with E-state index in [1.54, 1.807) is 26.4 Å². The Morgan fingerprint density at radius 2 is 1.81 bits per heavy atom. The van der Waals surface area contributed by atoms with E-state index in [2.05, 4.69) is 15.4 Å². The minimum absolute atomic E-state index is 0.126. The first-order valence-electron chi connectivity index (χ1n) is 7.97. The molecule has 1 aromatic heterocycles. The molecule has 7 nitrogen and oxygen atoms in total. The second-order valence-corrected chi connectivity index (χ2v) is 6.38. The van der Waals surface area contributed by atoms with E-state index in [4.69, 9.17) is 9.47 Å². The monoisotopic (exact) mass is 378 g/mol. The van der Waals surface area contributed by atoms with Crippen molar-refractivity contribution in [3.63, 3.8) is 0 Å². The summed E-state index contributed by atoms with van der Waals surface area (Å²) in [5.74, 6) is 0.824. The maximum atomic E-state index is 11.9. The van der Waals surface area contributed by atoms with Crippen molar-refractivity contribution < 1.29 is 23.8 Å². The van der Waals surface area contributed by atoms with E-state index in [1.165, 1.54) is 18.4 Å². The Labute approximate surface area is 156 Å². The molecule has 0 atom stereocenters. The Morgan fingerprint density at radius 3 is 2.50 bits per heavy atom. The highest BCUT2D eigenvalue weighted by molar-refractivity contribution is 7.17. The number of anilines is 1. The van der Waals surface area contributed by atoms with Gasteiger partial charge in [-0.2, -0.15) is 0 Å². The van der Waals surface area contributed by atoms with Gasteiger partial charge in [0.1, 0.15) is 4.88 Å². The molecule has 2 N–H and O–H groups in total. The fourth-order valence-electron chi connectivity index (χ4n) is 2.26. The smallest absolute Gasteiger partial charge is 0.348 e. The summed E-state index contributed by atoms with van der Waals surface area (Å²) in [6.45, 7) is 0.640. The molecule has 0 saturated carbocycles. The molecule has 0 aliphatic heterocycles. The first-order chi connectivity index (χ1) is 12.6. The van der Waals surface area contributed by atoms with Crippen molar-refractivity contribution in [3.8, 4) is 11.5 Å². The summed E-state index contributed by atoms with van der Waals surface area (Å²) in [5, 5.41) is 6.57. The van der Waals surface area contributed by atoms with Gasteiger partial charge in [0, 0.05) is 6.54 Å². The summed E-state index contributed by atoms with van der Waals surface area (Å²) >= 11 is 1.24. The molecule has 0 aliphatic rings. The van der Waals surface area contributed by atoms with Crippen molar-refractivity contribution in [1.29, 1.82) is 0 Å². The molecule has 1 heterocycles. The molecule has 0 fully saturated rings. The number of carbonyl (C=O) groups is 2. The average molecular weight is 378 g/mol. The first-order valence-corrected chi connectivity index (χ1v) is 8.78. The number of hydrogen-bond acceptors (Lipinski definition) is 7. The largest absolute Gasteiger partial charge is 0.493 e. The lowest BCUT2D eigenvalue weighted by atomic mass is 10.1. The normalized spacial score (nSPS) is 10.1. The van der Waals surface area contributed by atoms with Crippen LogP contribution in [0.15, 0.2) is 30.3 Å². The molecule has 0 bridgehead atoms. The number of thiophene rings is 1. The minimum Gasteiger partial charge on any atom is -0.493 e. The topological polar surface area (TPSA) is 85.9 Å². The summed E-state index contributed by atoms with van der Waals surface area (Å²) in [6, 6.07) is 9.07. The van der Waals surface area contributed by atoms with Crippen molar-refractivity contribution in [2.24, 2.45) is 0 Å². The van der Waals surface area contributed by atoms with Gasteiger partial charge in [-0.15, -0.1) is 11.3 Å². The molecule has 0 spiro atoms. The van der Waals surface area contributed by atoms with Crippen molar-refractivity contribution in [1.82, 2.24) is 5.32 Å². The van der Waals surface area contributed by atoms with Crippen LogP contribution < -0.4 is 20.1 Å². The molecule has 0 aliphatic carbocycles. The van der Waals surface area contributed by atoms with Crippen LogP contribution in [0.3, 0.4) is 0 Å². The van der Waals surface area contributed by atoms with E-state index < -0.39 is 0 Å². The van der Waals surface area contributed by atoms with Crippen molar-refractivity contribution in [2.75, 3.05) is 39.7 Å². The van der Waals surface area contributed by atoms with Crippen molar-refractivity contribution in [3.05, 3.63) is 40.8 Å². The lowest BCUT2D eigenvalue weighted by Gasteiger charge is -2.10. The third-order valence-electron chi connectivity index (χ3n) is 3.60. The quantitative estimate of drug-likeness (QED) is 0.652. The molecule has 8 heteroatoms. The Hall–Kier alpha value is -2.74. The van der Waals surface area contributed by atoms with Crippen LogP contribution in [0, 0.1) is 0 Å². The van der Waals surface area contributed by atoms with Crippen LogP contribution in [0.1, 0.15) is 15.2 Å². The summed E-state index contributed by atoms with van der Waals surface area (Å²) < 4.78 is 15.1. The maximum Gasteiger partial charge on any atom is 0.348 e. The Bertz CT molecular complexity index is 760. The van der Waals surface area contributed by atoms with Gasteiger partial charge in [0.25, 0.3) is 0 Å². The molecule has 2 aromatic rings.